The molecule has 0 amide bonds. The summed E-state index contributed by atoms with van der Waals surface area (Å²) in [5, 5.41) is 19.1. The molecule has 1 aliphatic rings. The second-order valence-corrected chi connectivity index (χ2v) is 5.03. The van der Waals surface area contributed by atoms with Gasteiger partial charge in [0.1, 0.15) is 0 Å². The topological polar surface area (TPSA) is 43.7 Å². The number of rotatable bonds is 8. The molecule has 1 saturated carbocycles. The second kappa shape index (κ2) is 8.67. The van der Waals surface area contributed by atoms with Crippen molar-refractivity contribution in [2.75, 3.05) is 19.7 Å². The zero-order chi connectivity index (χ0) is 12.5. The SMILES string of the molecule is C=CCCC(O)CN(CCO)C1CCCCC1. The lowest BCUT2D eigenvalue weighted by Crippen LogP contribution is -2.43. The van der Waals surface area contributed by atoms with E-state index in [-0.39, 0.29) is 12.7 Å². The van der Waals surface area contributed by atoms with Crippen LogP contribution in [0.15, 0.2) is 12.7 Å². The Bertz CT molecular complexity index is 202. The van der Waals surface area contributed by atoms with Crippen LogP contribution in [0.25, 0.3) is 0 Å². The van der Waals surface area contributed by atoms with Crippen LogP contribution in [-0.4, -0.2) is 47.0 Å². The summed E-state index contributed by atoms with van der Waals surface area (Å²) in [5.41, 5.74) is 0. The lowest BCUT2D eigenvalue weighted by atomic mass is 9.94. The van der Waals surface area contributed by atoms with E-state index in [4.69, 9.17) is 5.11 Å². The molecule has 1 rings (SSSR count). The molecule has 0 heterocycles. The van der Waals surface area contributed by atoms with Crippen molar-refractivity contribution in [3.8, 4) is 0 Å². The Morgan fingerprint density at radius 1 is 1.29 bits per heavy atom. The average molecular weight is 241 g/mol. The Balaban J connectivity index is 2.37. The molecule has 0 aliphatic heterocycles. The Hall–Kier alpha value is -0.380. The largest absolute Gasteiger partial charge is 0.395 e. The van der Waals surface area contributed by atoms with Gasteiger partial charge in [-0.3, -0.25) is 4.90 Å². The number of allylic oxidation sites excluding steroid dienone is 1. The van der Waals surface area contributed by atoms with Gasteiger partial charge in [0.05, 0.1) is 12.7 Å². The molecular weight excluding hydrogens is 214 g/mol. The summed E-state index contributed by atoms with van der Waals surface area (Å²) in [5.74, 6) is 0. The van der Waals surface area contributed by atoms with Gasteiger partial charge in [0.15, 0.2) is 0 Å². The van der Waals surface area contributed by atoms with Crippen molar-refractivity contribution in [2.24, 2.45) is 0 Å². The highest BCUT2D eigenvalue weighted by Crippen LogP contribution is 2.22. The minimum atomic E-state index is -0.290. The first kappa shape index (κ1) is 14.7. The molecule has 0 aromatic rings. The molecule has 3 nitrogen and oxygen atoms in total. The van der Waals surface area contributed by atoms with E-state index < -0.39 is 0 Å². The number of hydrogen-bond donors (Lipinski definition) is 2. The monoisotopic (exact) mass is 241 g/mol. The maximum Gasteiger partial charge on any atom is 0.0670 e. The maximum absolute atomic E-state index is 9.94. The summed E-state index contributed by atoms with van der Waals surface area (Å²) in [6.45, 7) is 5.24. The summed E-state index contributed by atoms with van der Waals surface area (Å²) >= 11 is 0. The Morgan fingerprint density at radius 3 is 2.59 bits per heavy atom. The normalized spacial score (nSPS) is 19.5. The molecule has 1 unspecified atom stereocenters. The van der Waals surface area contributed by atoms with Crippen LogP contribution in [-0.2, 0) is 0 Å². The van der Waals surface area contributed by atoms with Crippen molar-refractivity contribution in [1.29, 1.82) is 0 Å². The molecule has 100 valence electrons. The van der Waals surface area contributed by atoms with Gasteiger partial charge < -0.3 is 10.2 Å². The molecule has 17 heavy (non-hydrogen) atoms. The smallest absolute Gasteiger partial charge is 0.0670 e. The van der Waals surface area contributed by atoms with Gasteiger partial charge in [-0.15, -0.1) is 6.58 Å². The van der Waals surface area contributed by atoms with Crippen LogP contribution in [0.4, 0.5) is 0 Å². The van der Waals surface area contributed by atoms with Crippen LogP contribution in [0.5, 0.6) is 0 Å². The summed E-state index contributed by atoms with van der Waals surface area (Å²) in [7, 11) is 0. The van der Waals surface area contributed by atoms with Gasteiger partial charge in [-0.25, -0.2) is 0 Å². The molecule has 0 saturated heterocycles. The summed E-state index contributed by atoms with van der Waals surface area (Å²) in [4.78, 5) is 2.27. The Morgan fingerprint density at radius 2 is 2.00 bits per heavy atom. The van der Waals surface area contributed by atoms with Gasteiger partial charge in [-0.05, 0) is 25.7 Å². The predicted octanol–water partition coefficient (Wildman–Crippen LogP) is 1.94. The second-order valence-electron chi connectivity index (χ2n) is 5.03. The van der Waals surface area contributed by atoms with Crippen molar-refractivity contribution in [1.82, 2.24) is 4.90 Å². The highest BCUT2D eigenvalue weighted by atomic mass is 16.3. The fraction of sp³-hybridized carbons (Fsp3) is 0.857. The van der Waals surface area contributed by atoms with E-state index in [0.29, 0.717) is 19.1 Å². The van der Waals surface area contributed by atoms with Gasteiger partial charge >= 0.3 is 0 Å². The summed E-state index contributed by atoms with van der Waals surface area (Å²) in [6, 6.07) is 0.564. The average Bonchev–Trinajstić information content (AvgIpc) is 2.37. The third kappa shape index (κ3) is 5.66. The van der Waals surface area contributed by atoms with E-state index in [0.717, 1.165) is 12.8 Å². The predicted molar refractivity (Wildman–Crippen MR) is 71.0 cm³/mol. The Labute approximate surface area is 105 Å². The zero-order valence-corrected chi connectivity index (χ0v) is 10.9. The number of nitrogens with zero attached hydrogens (tertiary/aromatic N) is 1. The van der Waals surface area contributed by atoms with Crippen LogP contribution in [0.1, 0.15) is 44.9 Å². The van der Waals surface area contributed by atoms with E-state index in [2.05, 4.69) is 11.5 Å². The molecule has 0 aromatic carbocycles. The minimum Gasteiger partial charge on any atom is -0.395 e. The number of aliphatic hydroxyl groups is 2. The first-order valence-corrected chi connectivity index (χ1v) is 6.91. The van der Waals surface area contributed by atoms with Crippen LogP contribution in [0.3, 0.4) is 0 Å². The lowest BCUT2D eigenvalue weighted by molar-refractivity contribution is 0.0570. The molecular formula is C14H27NO2. The van der Waals surface area contributed by atoms with Crippen molar-refractivity contribution in [3.63, 3.8) is 0 Å². The molecule has 0 aromatic heterocycles. The lowest BCUT2D eigenvalue weighted by Gasteiger charge is -2.35. The molecule has 2 N–H and O–H groups in total. The third-order valence-corrected chi connectivity index (χ3v) is 3.63. The van der Waals surface area contributed by atoms with Gasteiger partial charge in [-0.2, -0.15) is 0 Å². The van der Waals surface area contributed by atoms with Crippen LogP contribution in [0, 0.1) is 0 Å². The van der Waals surface area contributed by atoms with Gasteiger partial charge in [0.2, 0.25) is 0 Å². The summed E-state index contributed by atoms with van der Waals surface area (Å²) in [6.07, 6.45) is 9.54. The van der Waals surface area contributed by atoms with Crippen molar-refractivity contribution in [2.45, 2.75) is 57.1 Å². The first-order valence-electron chi connectivity index (χ1n) is 6.91. The van der Waals surface area contributed by atoms with Crippen LogP contribution < -0.4 is 0 Å². The first-order chi connectivity index (χ1) is 8.27. The quantitative estimate of drug-likeness (QED) is 0.638. The van der Waals surface area contributed by atoms with Crippen LogP contribution in [0.2, 0.25) is 0 Å². The van der Waals surface area contributed by atoms with Gasteiger partial charge in [0.25, 0.3) is 0 Å². The fourth-order valence-corrected chi connectivity index (χ4v) is 2.67. The molecule has 1 atom stereocenters. The standard InChI is InChI=1S/C14H27NO2/c1-2-3-9-14(17)12-15(10-11-16)13-7-5-4-6-8-13/h2,13-14,16-17H,1,3-12H2. The highest BCUT2D eigenvalue weighted by Gasteiger charge is 2.22. The minimum absolute atomic E-state index is 0.185. The van der Waals surface area contributed by atoms with Crippen molar-refractivity contribution in [3.05, 3.63) is 12.7 Å². The third-order valence-electron chi connectivity index (χ3n) is 3.63. The van der Waals surface area contributed by atoms with Crippen LogP contribution >= 0.6 is 0 Å². The van der Waals surface area contributed by atoms with E-state index in [9.17, 15) is 5.11 Å². The molecule has 3 heteroatoms. The molecule has 1 fully saturated rings. The van der Waals surface area contributed by atoms with Gasteiger partial charge in [0, 0.05) is 19.1 Å². The fourth-order valence-electron chi connectivity index (χ4n) is 2.67. The highest BCUT2D eigenvalue weighted by molar-refractivity contribution is 4.79. The molecule has 0 bridgehead atoms. The van der Waals surface area contributed by atoms with Crippen molar-refractivity contribution < 1.29 is 10.2 Å². The summed E-state index contributed by atoms with van der Waals surface area (Å²) < 4.78 is 0. The van der Waals surface area contributed by atoms with E-state index in [1.807, 2.05) is 6.08 Å². The number of hydrogen-bond acceptors (Lipinski definition) is 3. The molecule has 1 aliphatic carbocycles. The van der Waals surface area contributed by atoms with E-state index in [1.165, 1.54) is 32.1 Å². The Kier molecular flexibility index (Phi) is 7.49. The number of aliphatic hydroxyl groups excluding tert-OH is 2. The van der Waals surface area contributed by atoms with Gasteiger partial charge in [-0.1, -0.05) is 25.3 Å². The molecule has 0 radical (unpaired) electrons. The zero-order valence-electron chi connectivity index (χ0n) is 10.9. The molecule has 0 spiro atoms. The maximum atomic E-state index is 9.94. The van der Waals surface area contributed by atoms with E-state index >= 15 is 0 Å². The van der Waals surface area contributed by atoms with Crippen molar-refractivity contribution >= 4 is 0 Å². The van der Waals surface area contributed by atoms with E-state index in [1.54, 1.807) is 0 Å².